The predicted octanol–water partition coefficient (Wildman–Crippen LogP) is 1.62. The van der Waals surface area contributed by atoms with Crippen LogP contribution < -0.4 is 5.32 Å². The minimum atomic E-state index is -0.418. The summed E-state index contributed by atoms with van der Waals surface area (Å²) < 4.78 is 5.61. The molecule has 0 bridgehead atoms. The van der Waals surface area contributed by atoms with Crippen molar-refractivity contribution >= 4 is 11.6 Å². The summed E-state index contributed by atoms with van der Waals surface area (Å²) in [4.78, 5) is 0. The number of aliphatic hydroxyl groups is 1. The number of rotatable bonds is 3. The van der Waals surface area contributed by atoms with Crippen molar-refractivity contribution in [1.82, 2.24) is 5.32 Å². The Kier molecular flexibility index (Phi) is 4.40. The van der Waals surface area contributed by atoms with E-state index < -0.39 is 6.10 Å². The Hall–Kier alpha value is -0.610. The zero-order valence-corrected chi connectivity index (χ0v) is 10.7. The average Bonchev–Trinajstić information content (AvgIpc) is 2.33. The van der Waals surface area contributed by atoms with Gasteiger partial charge in [-0.1, -0.05) is 23.7 Å². The van der Waals surface area contributed by atoms with Crippen LogP contribution >= 0.6 is 11.6 Å². The van der Waals surface area contributed by atoms with Gasteiger partial charge >= 0.3 is 0 Å². The van der Waals surface area contributed by atoms with Gasteiger partial charge in [-0.25, -0.2) is 0 Å². The fraction of sp³-hybridized carbons (Fsp3) is 0.538. The number of benzene rings is 1. The Labute approximate surface area is 107 Å². The molecule has 0 amide bonds. The van der Waals surface area contributed by atoms with Gasteiger partial charge in [0.2, 0.25) is 0 Å². The maximum absolute atomic E-state index is 9.40. The maximum Gasteiger partial charge on any atom is 0.0955 e. The first-order valence-corrected chi connectivity index (χ1v) is 6.30. The minimum Gasteiger partial charge on any atom is -0.391 e. The number of nitrogens with one attached hydrogen (secondary N) is 1. The Morgan fingerprint density at radius 3 is 2.71 bits per heavy atom. The van der Waals surface area contributed by atoms with Gasteiger partial charge in [-0.15, -0.1) is 0 Å². The second kappa shape index (κ2) is 5.83. The number of aliphatic hydroxyl groups excluding tert-OH is 1. The van der Waals surface area contributed by atoms with Gasteiger partial charge in [0.05, 0.1) is 18.8 Å². The number of ether oxygens (including phenoxy) is 1. The monoisotopic (exact) mass is 255 g/mol. The number of halogens is 1. The summed E-state index contributed by atoms with van der Waals surface area (Å²) in [5, 5.41) is 13.6. The van der Waals surface area contributed by atoms with Gasteiger partial charge in [-0.05, 0) is 31.0 Å². The van der Waals surface area contributed by atoms with Crippen molar-refractivity contribution in [3.8, 4) is 0 Å². The van der Waals surface area contributed by atoms with Crippen molar-refractivity contribution in [1.29, 1.82) is 0 Å². The summed E-state index contributed by atoms with van der Waals surface area (Å²) in [5.74, 6) is 0. The van der Waals surface area contributed by atoms with E-state index >= 15 is 0 Å². The van der Waals surface area contributed by atoms with Crippen LogP contribution in [0.4, 0.5) is 0 Å². The first kappa shape index (κ1) is 12.8. The summed E-state index contributed by atoms with van der Waals surface area (Å²) in [7, 11) is 0. The molecular formula is C13H18ClNO2. The van der Waals surface area contributed by atoms with Gasteiger partial charge in [0.1, 0.15) is 0 Å². The van der Waals surface area contributed by atoms with Crippen molar-refractivity contribution in [3.05, 3.63) is 34.9 Å². The molecule has 2 N–H and O–H groups in total. The maximum atomic E-state index is 9.40. The molecule has 0 saturated carbocycles. The Balaban J connectivity index is 1.84. The molecule has 2 rings (SSSR count). The Bertz CT molecular complexity index is 345. The third-order valence-corrected chi connectivity index (χ3v) is 3.30. The Morgan fingerprint density at radius 1 is 1.47 bits per heavy atom. The molecule has 2 unspecified atom stereocenters. The van der Waals surface area contributed by atoms with Crippen molar-refractivity contribution < 1.29 is 9.84 Å². The first-order valence-electron chi connectivity index (χ1n) is 5.92. The standard InChI is InChI=1S/C13H18ClNO2/c1-9(16)13-7-15-12(8-17-13)6-10-2-4-11(14)5-3-10/h2-5,9,12-13,15-16H,6-8H2,1H3/t9-,12?,13?/m0/s1. The zero-order chi connectivity index (χ0) is 12.3. The number of hydrogen-bond donors (Lipinski definition) is 2. The van der Waals surface area contributed by atoms with E-state index in [0.29, 0.717) is 19.2 Å². The van der Waals surface area contributed by atoms with Crippen LogP contribution in [0.25, 0.3) is 0 Å². The van der Waals surface area contributed by atoms with E-state index in [0.717, 1.165) is 11.4 Å². The van der Waals surface area contributed by atoms with E-state index in [-0.39, 0.29) is 6.10 Å². The highest BCUT2D eigenvalue weighted by atomic mass is 35.5. The molecule has 3 nitrogen and oxygen atoms in total. The molecule has 1 heterocycles. The van der Waals surface area contributed by atoms with E-state index in [9.17, 15) is 5.11 Å². The largest absolute Gasteiger partial charge is 0.391 e. The van der Waals surface area contributed by atoms with Crippen LogP contribution in [0.3, 0.4) is 0 Å². The summed E-state index contributed by atoms with van der Waals surface area (Å²) >= 11 is 5.84. The van der Waals surface area contributed by atoms with Crippen LogP contribution in [-0.2, 0) is 11.2 Å². The molecule has 1 fully saturated rings. The average molecular weight is 256 g/mol. The van der Waals surface area contributed by atoms with Gasteiger partial charge in [-0.2, -0.15) is 0 Å². The van der Waals surface area contributed by atoms with Crippen LogP contribution in [0.5, 0.6) is 0 Å². The number of morpholine rings is 1. The molecule has 0 aliphatic carbocycles. The molecule has 0 radical (unpaired) electrons. The summed E-state index contributed by atoms with van der Waals surface area (Å²) in [5.41, 5.74) is 1.24. The minimum absolute atomic E-state index is 0.0866. The highest BCUT2D eigenvalue weighted by Gasteiger charge is 2.24. The van der Waals surface area contributed by atoms with Crippen LogP contribution in [0.2, 0.25) is 5.02 Å². The van der Waals surface area contributed by atoms with Crippen molar-refractivity contribution in [3.63, 3.8) is 0 Å². The topological polar surface area (TPSA) is 41.5 Å². The SMILES string of the molecule is C[C@H](O)C1CNC(Cc2ccc(Cl)cc2)CO1. The molecule has 4 heteroatoms. The van der Waals surface area contributed by atoms with Crippen molar-refractivity contribution in [2.24, 2.45) is 0 Å². The Morgan fingerprint density at radius 2 is 2.18 bits per heavy atom. The van der Waals surface area contributed by atoms with Crippen LogP contribution in [-0.4, -0.2) is 36.5 Å². The van der Waals surface area contributed by atoms with Crippen LogP contribution in [0, 0.1) is 0 Å². The van der Waals surface area contributed by atoms with Gasteiger partial charge < -0.3 is 15.2 Å². The molecule has 17 heavy (non-hydrogen) atoms. The fourth-order valence-electron chi connectivity index (χ4n) is 1.99. The smallest absolute Gasteiger partial charge is 0.0955 e. The molecule has 1 aromatic rings. The third kappa shape index (κ3) is 3.68. The molecule has 1 aliphatic heterocycles. The zero-order valence-electron chi connectivity index (χ0n) is 9.90. The summed E-state index contributed by atoms with van der Waals surface area (Å²) in [6.07, 6.45) is 0.416. The van der Waals surface area contributed by atoms with Crippen molar-refractivity contribution in [2.75, 3.05) is 13.2 Å². The molecule has 0 spiro atoms. The third-order valence-electron chi connectivity index (χ3n) is 3.05. The molecule has 1 aromatic carbocycles. The van der Waals surface area contributed by atoms with Crippen molar-refractivity contribution in [2.45, 2.75) is 31.6 Å². The quantitative estimate of drug-likeness (QED) is 0.863. The highest BCUT2D eigenvalue weighted by molar-refractivity contribution is 6.30. The van der Waals surface area contributed by atoms with Gasteiger partial charge in [0, 0.05) is 17.6 Å². The van der Waals surface area contributed by atoms with E-state index in [1.54, 1.807) is 6.92 Å². The molecule has 0 aromatic heterocycles. The van der Waals surface area contributed by atoms with Gasteiger partial charge in [0.25, 0.3) is 0 Å². The predicted molar refractivity (Wildman–Crippen MR) is 68.4 cm³/mol. The first-order chi connectivity index (χ1) is 8.15. The second-order valence-corrected chi connectivity index (χ2v) is 4.98. The second-order valence-electron chi connectivity index (χ2n) is 4.55. The lowest BCUT2D eigenvalue weighted by Crippen LogP contribution is -2.50. The summed E-state index contributed by atoms with van der Waals surface area (Å²) in [6, 6.07) is 8.18. The van der Waals surface area contributed by atoms with E-state index in [4.69, 9.17) is 16.3 Å². The summed E-state index contributed by atoms with van der Waals surface area (Å²) in [6.45, 7) is 3.10. The lowest BCUT2D eigenvalue weighted by Gasteiger charge is -2.31. The molecule has 1 saturated heterocycles. The lowest BCUT2D eigenvalue weighted by molar-refractivity contribution is -0.0595. The van der Waals surface area contributed by atoms with Gasteiger partial charge in [0.15, 0.2) is 0 Å². The van der Waals surface area contributed by atoms with E-state index in [2.05, 4.69) is 5.32 Å². The highest BCUT2D eigenvalue weighted by Crippen LogP contribution is 2.13. The number of hydrogen-bond acceptors (Lipinski definition) is 3. The molecule has 94 valence electrons. The molecular weight excluding hydrogens is 238 g/mol. The molecule has 1 aliphatic rings. The van der Waals surface area contributed by atoms with Gasteiger partial charge in [-0.3, -0.25) is 0 Å². The lowest BCUT2D eigenvalue weighted by atomic mass is 10.0. The fourth-order valence-corrected chi connectivity index (χ4v) is 2.11. The van der Waals surface area contributed by atoms with E-state index in [1.165, 1.54) is 5.56 Å². The van der Waals surface area contributed by atoms with Crippen LogP contribution in [0.15, 0.2) is 24.3 Å². The van der Waals surface area contributed by atoms with E-state index in [1.807, 2.05) is 24.3 Å². The van der Waals surface area contributed by atoms with Crippen LogP contribution in [0.1, 0.15) is 12.5 Å². The normalized spacial score (nSPS) is 26.8. The molecule has 3 atom stereocenters.